The van der Waals surface area contributed by atoms with Gasteiger partial charge in [-0.2, -0.15) is 10.1 Å². The molecule has 1 heterocycles. The van der Waals surface area contributed by atoms with Crippen LogP contribution in [-0.2, 0) is 0 Å². The highest BCUT2D eigenvalue weighted by Gasteiger charge is 2.14. The van der Waals surface area contributed by atoms with Gasteiger partial charge in [0.2, 0.25) is 5.96 Å². The number of rotatable bonds is 6. The summed E-state index contributed by atoms with van der Waals surface area (Å²) < 4.78 is 32.3. The maximum atomic E-state index is 14.2. The second kappa shape index (κ2) is 9.84. The maximum absolute atomic E-state index is 14.2. The normalized spacial score (nSPS) is 11.5. The highest BCUT2D eigenvalue weighted by molar-refractivity contribution is 6.06. The van der Waals surface area contributed by atoms with Crippen molar-refractivity contribution in [2.45, 2.75) is 13.8 Å². The number of aliphatic imine (C=N–C) groups is 1. The average Bonchev–Trinajstić information content (AvgIpc) is 3.20. The van der Waals surface area contributed by atoms with Crippen molar-refractivity contribution in [2.75, 3.05) is 19.0 Å². The Bertz CT molecular complexity index is 1080. The number of nitrogens with one attached hydrogen (secondary N) is 3. The predicted molar refractivity (Wildman–Crippen MR) is 115 cm³/mol. The summed E-state index contributed by atoms with van der Waals surface area (Å²) in [4.78, 5) is 16.6. The lowest BCUT2D eigenvalue weighted by molar-refractivity contribution is 0.0998. The molecule has 31 heavy (non-hydrogen) atoms. The minimum absolute atomic E-state index is 0.142. The van der Waals surface area contributed by atoms with Crippen LogP contribution in [0.5, 0.6) is 5.75 Å². The van der Waals surface area contributed by atoms with E-state index >= 15 is 0 Å². The number of benzene rings is 2. The van der Waals surface area contributed by atoms with Gasteiger partial charge in [-0.1, -0.05) is 13.8 Å². The van der Waals surface area contributed by atoms with E-state index in [1.54, 1.807) is 18.2 Å². The number of hydrogen-bond donors (Lipinski definition) is 3. The highest BCUT2D eigenvalue weighted by atomic mass is 19.1. The summed E-state index contributed by atoms with van der Waals surface area (Å²) in [7, 11) is 1.41. The van der Waals surface area contributed by atoms with Gasteiger partial charge in [0.1, 0.15) is 23.2 Å². The molecule has 0 fully saturated rings. The number of guanidine groups is 1. The molecule has 0 aliphatic rings. The number of amides is 1. The zero-order valence-corrected chi connectivity index (χ0v) is 17.4. The van der Waals surface area contributed by atoms with E-state index in [0.717, 1.165) is 11.6 Å². The fraction of sp³-hybridized carbons (Fsp3) is 0.227. The number of anilines is 1. The Morgan fingerprint density at radius 3 is 2.55 bits per heavy atom. The van der Waals surface area contributed by atoms with Crippen molar-refractivity contribution in [3.05, 3.63) is 65.7 Å². The lowest BCUT2D eigenvalue weighted by Gasteiger charge is -2.12. The SMILES string of the molecule is COc1ccc(C(=O)/N=C(/NCC(C)C)Nc2cc(-c3ccc(F)cc3)n[nH]2)c(F)c1. The molecule has 0 unspecified atom stereocenters. The van der Waals surface area contributed by atoms with Crippen LogP contribution in [0.15, 0.2) is 53.5 Å². The molecule has 0 aliphatic heterocycles. The summed E-state index contributed by atoms with van der Waals surface area (Å²) in [5.41, 5.74) is 1.12. The van der Waals surface area contributed by atoms with Crippen LogP contribution in [0.2, 0.25) is 0 Å². The molecule has 162 valence electrons. The number of carbonyl (C=O) groups is 1. The summed E-state index contributed by atoms with van der Waals surface area (Å²) in [5, 5.41) is 13.0. The lowest BCUT2D eigenvalue weighted by Crippen LogP contribution is -2.34. The first kappa shape index (κ1) is 21.9. The first-order valence-corrected chi connectivity index (χ1v) is 9.64. The Balaban J connectivity index is 1.82. The van der Waals surface area contributed by atoms with Crippen molar-refractivity contribution < 1.29 is 18.3 Å². The molecule has 0 bridgehead atoms. The molecule has 3 rings (SSSR count). The Kier molecular flexibility index (Phi) is 6.96. The van der Waals surface area contributed by atoms with Gasteiger partial charge < -0.3 is 15.4 Å². The van der Waals surface area contributed by atoms with Crippen LogP contribution in [0, 0.1) is 17.6 Å². The topological polar surface area (TPSA) is 91.4 Å². The van der Waals surface area contributed by atoms with Crippen molar-refractivity contribution in [3.8, 4) is 17.0 Å². The van der Waals surface area contributed by atoms with Gasteiger partial charge in [-0.05, 0) is 42.3 Å². The van der Waals surface area contributed by atoms with E-state index in [9.17, 15) is 13.6 Å². The Labute approximate surface area is 178 Å². The summed E-state index contributed by atoms with van der Waals surface area (Å²) in [5.74, 6) is -0.639. The maximum Gasteiger partial charge on any atom is 0.283 e. The Hall–Kier alpha value is -3.75. The lowest BCUT2D eigenvalue weighted by atomic mass is 10.1. The second-order valence-corrected chi connectivity index (χ2v) is 7.18. The standard InChI is InChI=1S/C22H23F2N5O2/c1-13(2)12-25-22(27-21(30)17-9-8-16(31-3)10-18(17)24)26-20-11-19(28-29-20)14-4-6-15(23)7-5-14/h4-11,13H,12H2,1-3H3,(H3,25,26,27,28,29,30). The average molecular weight is 427 g/mol. The molecule has 0 aliphatic carbocycles. The van der Waals surface area contributed by atoms with E-state index in [-0.39, 0.29) is 23.3 Å². The molecule has 1 aromatic heterocycles. The number of ether oxygens (including phenoxy) is 1. The fourth-order valence-electron chi connectivity index (χ4n) is 2.65. The second-order valence-electron chi connectivity index (χ2n) is 7.18. The fourth-order valence-corrected chi connectivity index (χ4v) is 2.65. The minimum atomic E-state index is -0.753. The molecular weight excluding hydrogens is 404 g/mol. The zero-order chi connectivity index (χ0) is 22.4. The van der Waals surface area contributed by atoms with Gasteiger partial charge in [0, 0.05) is 24.2 Å². The predicted octanol–water partition coefficient (Wildman–Crippen LogP) is 4.22. The number of hydrogen-bond acceptors (Lipinski definition) is 3. The highest BCUT2D eigenvalue weighted by Crippen LogP contribution is 2.20. The van der Waals surface area contributed by atoms with E-state index in [1.807, 2.05) is 13.8 Å². The van der Waals surface area contributed by atoms with E-state index in [4.69, 9.17) is 4.74 Å². The molecule has 3 aromatic rings. The largest absolute Gasteiger partial charge is 0.497 e. The number of aromatic nitrogens is 2. The molecule has 0 radical (unpaired) electrons. The first-order chi connectivity index (χ1) is 14.9. The van der Waals surface area contributed by atoms with Gasteiger partial charge >= 0.3 is 0 Å². The Morgan fingerprint density at radius 1 is 1.16 bits per heavy atom. The van der Waals surface area contributed by atoms with E-state index in [2.05, 4.69) is 25.8 Å². The number of H-pyrrole nitrogens is 1. The number of carbonyl (C=O) groups excluding carboxylic acids is 1. The molecule has 0 spiro atoms. The van der Waals surface area contributed by atoms with Crippen molar-refractivity contribution in [3.63, 3.8) is 0 Å². The van der Waals surface area contributed by atoms with Crippen LogP contribution in [-0.4, -0.2) is 35.7 Å². The smallest absolute Gasteiger partial charge is 0.283 e. The third-order valence-corrected chi connectivity index (χ3v) is 4.27. The first-order valence-electron chi connectivity index (χ1n) is 9.64. The molecule has 0 saturated carbocycles. The van der Waals surface area contributed by atoms with E-state index in [0.29, 0.717) is 23.8 Å². The van der Waals surface area contributed by atoms with Gasteiger partial charge in [-0.25, -0.2) is 8.78 Å². The third-order valence-electron chi connectivity index (χ3n) is 4.27. The summed E-state index contributed by atoms with van der Waals surface area (Å²) >= 11 is 0. The number of halogens is 2. The minimum Gasteiger partial charge on any atom is -0.497 e. The zero-order valence-electron chi connectivity index (χ0n) is 17.4. The van der Waals surface area contributed by atoms with Crippen molar-refractivity contribution >= 4 is 17.7 Å². The van der Waals surface area contributed by atoms with E-state index in [1.165, 1.54) is 31.4 Å². The molecule has 3 N–H and O–H groups in total. The van der Waals surface area contributed by atoms with Gasteiger partial charge in [-0.3, -0.25) is 9.89 Å². The van der Waals surface area contributed by atoms with Crippen LogP contribution in [0.25, 0.3) is 11.3 Å². The molecule has 0 atom stereocenters. The van der Waals surface area contributed by atoms with Gasteiger partial charge in [-0.15, -0.1) is 0 Å². The Morgan fingerprint density at radius 2 is 1.90 bits per heavy atom. The van der Waals surface area contributed by atoms with Crippen LogP contribution < -0.4 is 15.4 Å². The number of aromatic amines is 1. The monoisotopic (exact) mass is 427 g/mol. The molecular formula is C22H23F2N5O2. The van der Waals surface area contributed by atoms with Crippen LogP contribution in [0.3, 0.4) is 0 Å². The van der Waals surface area contributed by atoms with Crippen LogP contribution in [0.4, 0.5) is 14.6 Å². The molecule has 0 saturated heterocycles. The van der Waals surface area contributed by atoms with Gasteiger partial charge in [0.25, 0.3) is 5.91 Å². The van der Waals surface area contributed by atoms with Crippen molar-refractivity contribution in [2.24, 2.45) is 10.9 Å². The summed E-state index contributed by atoms with van der Waals surface area (Å²) in [6, 6.07) is 11.5. The summed E-state index contributed by atoms with van der Waals surface area (Å²) in [6.07, 6.45) is 0. The molecule has 2 aromatic carbocycles. The summed E-state index contributed by atoms with van der Waals surface area (Å²) in [6.45, 7) is 4.53. The molecule has 1 amide bonds. The molecule has 7 nitrogen and oxygen atoms in total. The van der Waals surface area contributed by atoms with Crippen LogP contribution >= 0.6 is 0 Å². The van der Waals surface area contributed by atoms with Crippen molar-refractivity contribution in [1.82, 2.24) is 15.5 Å². The van der Waals surface area contributed by atoms with Gasteiger partial charge in [0.05, 0.1) is 18.4 Å². The third kappa shape index (κ3) is 5.88. The van der Waals surface area contributed by atoms with Gasteiger partial charge in [0.15, 0.2) is 0 Å². The number of nitrogens with zero attached hydrogens (tertiary/aromatic N) is 2. The molecule has 9 heteroatoms. The van der Waals surface area contributed by atoms with Crippen molar-refractivity contribution in [1.29, 1.82) is 0 Å². The van der Waals surface area contributed by atoms with E-state index < -0.39 is 11.7 Å². The van der Waals surface area contributed by atoms with Crippen LogP contribution in [0.1, 0.15) is 24.2 Å². The number of methoxy groups -OCH3 is 1. The quantitative estimate of drug-likeness (QED) is 0.405.